The van der Waals surface area contributed by atoms with Crippen LogP contribution in [0.4, 0.5) is 0 Å². The Kier molecular flexibility index (Phi) is 5.20. The van der Waals surface area contributed by atoms with Gasteiger partial charge in [-0.15, -0.1) is 0 Å². The van der Waals surface area contributed by atoms with Crippen molar-refractivity contribution in [3.05, 3.63) is 71.8 Å². The summed E-state index contributed by atoms with van der Waals surface area (Å²) in [6, 6.07) is 14.3. The number of rotatable bonds is 4. The fourth-order valence-electron chi connectivity index (χ4n) is 3.49. The lowest BCUT2D eigenvalue weighted by atomic mass is 9.63. The van der Waals surface area contributed by atoms with Gasteiger partial charge in [-0.25, -0.2) is 0 Å². The zero-order valence-electron chi connectivity index (χ0n) is 14.6. The summed E-state index contributed by atoms with van der Waals surface area (Å²) in [6.45, 7) is 0. The molecule has 1 fully saturated rings. The van der Waals surface area contributed by atoms with E-state index in [1.165, 1.54) is 48.5 Å². The second-order valence-corrected chi connectivity index (χ2v) is 6.82. The van der Waals surface area contributed by atoms with Gasteiger partial charge < -0.3 is 30.6 Å². The fraction of sp³-hybridized carbons (Fsp3) is 0.300. The third-order valence-electron chi connectivity index (χ3n) is 5.20. The average Bonchev–Trinajstić information content (AvgIpc) is 2.75. The molecule has 0 heterocycles. The molecule has 148 valence electrons. The lowest BCUT2D eigenvalue weighted by molar-refractivity contribution is -0.270. The van der Waals surface area contributed by atoms with Crippen LogP contribution in [0, 0.1) is 0 Å². The molecular weight excluding hydrogens is 368 g/mol. The zero-order chi connectivity index (χ0) is 20.7. The topological polar surface area (TPSA) is 156 Å². The molecule has 8 nitrogen and oxygen atoms in total. The number of ketones is 2. The highest BCUT2D eigenvalue weighted by atomic mass is 16.4. The number of aliphatic hydroxyl groups is 6. The smallest absolute Gasteiger partial charge is 0.199 e. The Morgan fingerprint density at radius 1 is 0.571 bits per heavy atom. The Balaban J connectivity index is 2.04. The highest BCUT2D eigenvalue weighted by Crippen LogP contribution is 2.40. The highest BCUT2D eigenvalue weighted by Gasteiger charge is 2.69. The van der Waals surface area contributed by atoms with Crippen LogP contribution < -0.4 is 0 Å². The molecule has 3 rings (SSSR count). The van der Waals surface area contributed by atoms with Gasteiger partial charge in [-0.3, -0.25) is 9.59 Å². The minimum atomic E-state index is -3.05. The van der Waals surface area contributed by atoms with Crippen molar-refractivity contribution < 1.29 is 40.2 Å². The fourth-order valence-corrected chi connectivity index (χ4v) is 3.49. The van der Waals surface area contributed by atoms with Crippen molar-refractivity contribution in [3.63, 3.8) is 0 Å². The number of aliphatic hydroxyl groups excluding tert-OH is 4. The minimum absolute atomic E-state index is 0.109. The first-order valence-electron chi connectivity index (χ1n) is 8.53. The van der Waals surface area contributed by atoms with Crippen molar-refractivity contribution in [1.29, 1.82) is 0 Å². The molecule has 28 heavy (non-hydrogen) atoms. The van der Waals surface area contributed by atoms with Gasteiger partial charge in [0.2, 0.25) is 0 Å². The summed E-state index contributed by atoms with van der Waals surface area (Å²) in [6.07, 6.45) is -9.85. The molecule has 4 atom stereocenters. The van der Waals surface area contributed by atoms with Crippen molar-refractivity contribution in [2.24, 2.45) is 0 Å². The van der Waals surface area contributed by atoms with Gasteiger partial charge in [0.25, 0.3) is 0 Å². The Morgan fingerprint density at radius 2 is 0.821 bits per heavy atom. The summed E-state index contributed by atoms with van der Waals surface area (Å²) in [7, 11) is 0. The molecule has 1 saturated carbocycles. The molecule has 0 spiro atoms. The Bertz CT molecular complexity index is 777. The predicted octanol–water partition coefficient (Wildman–Crippen LogP) is -1.33. The molecule has 1 aliphatic rings. The number of carbonyl (C=O) groups excluding carboxylic acids is 2. The second kappa shape index (κ2) is 7.17. The van der Waals surface area contributed by atoms with Crippen LogP contribution in [0.3, 0.4) is 0 Å². The first kappa shape index (κ1) is 20.3. The van der Waals surface area contributed by atoms with Gasteiger partial charge in [0, 0.05) is 11.1 Å². The van der Waals surface area contributed by atoms with E-state index < -0.39 is 47.2 Å². The van der Waals surface area contributed by atoms with Gasteiger partial charge in [-0.05, 0) is 0 Å². The molecule has 0 saturated heterocycles. The first-order chi connectivity index (χ1) is 13.2. The lowest BCUT2D eigenvalue weighted by Gasteiger charge is -2.51. The Hall–Kier alpha value is -2.46. The van der Waals surface area contributed by atoms with Gasteiger partial charge >= 0.3 is 0 Å². The van der Waals surface area contributed by atoms with Gasteiger partial charge in [0.15, 0.2) is 22.8 Å². The maximum Gasteiger partial charge on any atom is 0.199 e. The van der Waals surface area contributed by atoms with Crippen molar-refractivity contribution in [3.8, 4) is 0 Å². The van der Waals surface area contributed by atoms with E-state index in [0.717, 1.165) is 0 Å². The van der Waals surface area contributed by atoms with Crippen LogP contribution in [0.5, 0.6) is 0 Å². The van der Waals surface area contributed by atoms with Crippen LogP contribution in [0.1, 0.15) is 20.7 Å². The van der Waals surface area contributed by atoms with Gasteiger partial charge in [-0.2, -0.15) is 0 Å². The molecule has 0 amide bonds. The summed E-state index contributed by atoms with van der Waals surface area (Å²) in [5, 5.41) is 63.3. The number of hydrogen-bond acceptors (Lipinski definition) is 8. The summed E-state index contributed by atoms with van der Waals surface area (Å²) < 4.78 is 0. The van der Waals surface area contributed by atoms with Crippen molar-refractivity contribution >= 4 is 11.6 Å². The molecule has 4 unspecified atom stereocenters. The number of benzene rings is 2. The molecule has 2 aromatic rings. The minimum Gasteiger partial charge on any atom is -0.387 e. The van der Waals surface area contributed by atoms with E-state index in [9.17, 15) is 40.2 Å². The summed E-state index contributed by atoms with van der Waals surface area (Å²) in [4.78, 5) is 25.5. The molecule has 1 aliphatic carbocycles. The van der Waals surface area contributed by atoms with Crippen molar-refractivity contribution in [1.82, 2.24) is 0 Å². The van der Waals surface area contributed by atoms with E-state index in [0.29, 0.717) is 0 Å². The Morgan fingerprint density at radius 3 is 1.07 bits per heavy atom. The number of carbonyl (C=O) groups is 2. The molecule has 0 bridgehead atoms. The van der Waals surface area contributed by atoms with Crippen LogP contribution in [0.2, 0.25) is 0 Å². The number of Topliss-reactive ketones (excluding diaryl/α,β-unsaturated/α-hetero) is 2. The van der Waals surface area contributed by atoms with Crippen LogP contribution >= 0.6 is 0 Å². The first-order valence-corrected chi connectivity index (χ1v) is 8.53. The summed E-state index contributed by atoms with van der Waals surface area (Å²) in [5.41, 5.74) is -6.32. The maximum atomic E-state index is 12.7. The molecule has 0 radical (unpaired) electrons. The van der Waals surface area contributed by atoms with E-state index in [1.54, 1.807) is 12.1 Å². The maximum absolute atomic E-state index is 12.7. The van der Waals surface area contributed by atoms with Gasteiger partial charge in [0.1, 0.15) is 24.4 Å². The van der Waals surface area contributed by atoms with Gasteiger partial charge in [-0.1, -0.05) is 60.7 Å². The van der Waals surface area contributed by atoms with Crippen LogP contribution in [-0.2, 0) is 0 Å². The van der Waals surface area contributed by atoms with Crippen LogP contribution in [-0.4, -0.2) is 77.8 Å². The quantitative estimate of drug-likeness (QED) is 0.352. The molecular formula is C20H20O8. The molecule has 6 N–H and O–H groups in total. The molecule has 0 aliphatic heterocycles. The third kappa shape index (κ3) is 2.78. The van der Waals surface area contributed by atoms with E-state index in [4.69, 9.17) is 0 Å². The summed E-state index contributed by atoms with van der Waals surface area (Å²) >= 11 is 0. The molecule has 8 heteroatoms. The van der Waals surface area contributed by atoms with Crippen molar-refractivity contribution in [2.45, 2.75) is 35.6 Å². The van der Waals surface area contributed by atoms with Gasteiger partial charge in [0.05, 0.1) is 0 Å². The average molecular weight is 388 g/mol. The second-order valence-electron chi connectivity index (χ2n) is 6.82. The SMILES string of the molecule is O=C(c1ccccc1)C1(O)C(O)C(O)C(O)(C(=O)c2ccccc2)C(O)C1O. The molecule has 2 aromatic carbocycles. The van der Waals surface area contributed by atoms with E-state index in [-0.39, 0.29) is 11.1 Å². The van der Waals surface area contributed by atoms with Crippen LogP contribution in [0.25, 0.3) is 0 Å². The highest BCUT2D eigenvalue weighted by molar-refractivity contribution is 6.06. The lowest BCUT2D eigenvalue weighted by Crippen LogP contribution is -2.80. The van der Waals surface area contributed by atoms with Crippen LogP contribution in [0.15, 0.2) is 60.7 Å². The monoisotopic (exact) mass is 388 g/mol. The number of hydrogen-bond donors (Lipinski definition) is 6. The van der Waals surface area contributed by atoms with E-state index >= 15 is 0 Å². The normalized spacial score (nSPS) is 35.4. The Labute approximate surface area is 159 Å². The van der Waals surface area contributed by atoms with E-state index in [1.807, 2.05) is 0 Å². The largest absolute Gasteiger partial charge is 0.387 e. The summed E-state index contributed by atoms with van der Waals surface area (Å²) in [5.74, 6) is -2.36. The predicted molar refractivity (Wildman–Crippen MR) is 95.5 cm³/mol. The standard InChI is InChI=1S/C20H20O8/c21-13(11-7-3-1-4-8-11)19(27)15(23)17(25)20(28,18(26)16(19)24)14(22)12-9-5-2-6-10-12/h1-10,15-18,23-28H. The molecule has 0 aromatic heterocycles. The van der Waals surface area contributed by atoms with Crippen molar-refractivity contribution in [2.75, 3.05) is 0 Å². The van der Waals surface area contributed by atoms with E-state index in [2.05, 4.69) is 0 Å². The third-order valence-corrected chi connectivity index (χ3v) is 5.20. The zero-order valence-corrected chi connectivity index (χ0v) is 14.6.